The lowest BCUT2D eigenvalue weighted by Crippen LogP contribution is -2.25. The van der Waals surface area contributed by atoms with Crippen LogP contribution in [-0.2, 0) is 11.2 Å². The number of ketones is 1. The summed E-state index contributed by atoms with van der Waals surface area (Å²) in [5.74, 6) is 1.45. The minimum atomic E-state index is 0.267. The molecule has 0 radical (unpaired) electrons. The smallest absolute Gasteiger partial charge is 0.136 e. The molecule has 0 spiro atoms. The van der Waals surface area contributed by atoms with Gasteiger partial charge in [0, 0.05) is 15.9 Å². The Bertz CT molecular complexity index is 369. The van der Waals surface area contributed by atoms with Crippen LogP contribution < -0.4 is 0 Å². The molecular weight excluding hydrogens is 311 g/mol. The number of rotatable bonds is 2. The van der Waals surface area contributed by atoms with Crippen LogP contribution in [0.3, 0.4) is 0 Å². The van der Waals surface area contributed by atoms with Gasteiger partial charge in [-0.15, -0.1) is 0 Å². The summed E-state index contributed by atoms with van der Waals surface area (Å²) in [6, 6.07) is 8.53. The highest BCUT2D eigenvalue weighted by molar-refractivity contribution is 14.1. The van der Waals surface area contributed by atoms with Crippen molar-refractivity contribution in [2.24, 2.45) is 11.8 Å². The van der Waals surface area contributed by atoms with Crippen LogP contribution in [0, 0.1) is 15.4 Å². The lowest BCUT2D eigenvalue weighted by Gasteiger charge is -2.25. The monoisotopic (exact) mass is 328 g/mol. The van der Waals surface area contributed by atoms with E-state index in [-0.39, 0.29) is 5.92 Å². The molecule has 2 rings (SSSR count). The quantitative estimate of drug-likeness (QED) is 0.754. The van der Waals surface area contributed by atoms with E-state index in [1.54, 1.807) is 0 Å². The maximum Gasteiger partial charge on any atom is 0.136 e. The maximum atomic E-state index is 11.8. The van der Waals surface area contributed by atoms with Gasteiger partial charge in [0.1, 0.15) is 5.78 Å². The van der Waals surface area contributed by atoms with Crippen LogP contribution in [0.5, 0.6) is 0 Å². The SMILES string of the molecule is CC1CCC(=O)C(Cc2ccc(I)cc2)C1. The molecule has 1 aliphatic carbocycles. The van der Waals surface area contributed by atoms with Crippen molar-refractivity contribution in [2.75, 3.05) is 0 Å². The van der Waals surface area contributed by atoms with E-state index in [4.69, 9.17) is 0 Å². The molecule has 1 aliphatic rings. The highest BCUT2D eigenvalue weighted by Crippen LogP contribution is 2.28. The summed E-state index contributed by atoms with van der Waals surface area (Å²) in [4.78, 5) is 11.8. The number of carbonyl (C=O) groups is 1. The number of Topliss-reactive ketones (excluding diaryl/α,β-unsaturated/α-hetero) is 1. The zero-order chi connectivity index (χ0) is 11.5. The van der Waals surface area contributed by atoms with Gasteiger partial charge in [0.25, 0.3) is 0 Å². The van der Waals surface area contributed by atoms with Crippen LogP contribution >= 0.6 is 22.6 Å². The van der Waals surface area contributed by atoms with E-state index in [1.165, 1.54) is 9.13 Å². The molecule has 86 valence electrons. The molecule has 0 amide bonds. The number of halogens is 1. The van der Waals surface area contributed by atoms with Crippen LogP contribution in [0.15, 0.2) is 24.3 Å². The summed E-state index contributed by atoms with van der Waals surface area (Å²) in [5.41, 5.74) is 1.30. The molecule has 0 aromatic heterocycles. The maximum absolute atomic E-state index is 11.8. The van der Waals surface area contributed by atoms with Gasteiger partial charge in [0.15, 0.2) is 0 Å². The zero-order valence-corrected chi connectivity index (χ0v) is 11.7. The molecule has 2 atom stereocenters. The Labute approximate surface area is 111 Å². The van der Waals surface area contributed by atoms with E-state index in [0.717, 1.165) is 25.7 Å². The van der Waals surface area contributed by atoms with E-state index in [2.05, 4.69) is 53.8 Å². The van der Waals surface area contributed by atoms with Gasteiger partial charge in [-0.05, 0) is 65.5 Å². The minimum absolute atomic E-state index is 0.267. The Morgan fingerprint density at radius 2 is 2.00 bits per heavy atom. The molecule has 0 saturated heterocycles. The summed E-state index contributed by atoms with van der Waals surface area (Å²) < 4.78 is 1.25. The first-order chi connectivity index (χ1) is 7.65. The fraction of sp³-hybridized carbons (Fsp3) is 0.500. The topological polar surface area (TPSA) is 17.1 Å². The zero-order valence-electron chi connectivity index (χ0n) is 9.58. The van der Waals surface area contributed by atoms with E-state index in [1.807, 2.05) is 0 Å². The Balaban J connectivity index is 2.02. The van der Waals surface area contributed by atoms with Crippen molar-refractivity contribution >= 4 is 28.4 Å². The Morgan fingerprint density at radius 3 is 2.69 bits per heavy atom. The van der Waals surface area contributed by atoms with E-state index < -0.39 is 0 Å². The first-order valence-electron chi connectivity index (χ1n) is 5.92. The second-order valence-corrected chi connectivity index (χ2v) is 6.12. The first-order valence-corrected chi connectivity index (χ1v) is 7.00. The largest absolute Gasteiger partial charge is 0.299 e. The van der Waals surface area contributed by atoms with Gasteiger partial charge in [0.05, 0.1) is 0 Å². The van der Waals surface area contributed by atoms with Crippen LogP contribution in [0.1, 0.15) is 31.7 Å². The first kappa shape index (κ1) is 12.1. The van der Waals surface area contributed by atoms with E-state index in [0.29, 0.717) is 11.7 Å². The second-order valence-electron chi connectivity index (χ2n) is 4.87. The Morgan fingerprint density at radius 1 is 1.31 bits per heavy atom. The summed E-state index contributed by atoms with van der Waals surface area (Å²) >= 11 is 2.31. The molecule has 0 aliphatic heterocycles. The minimum Gasteiger partial charge on any atom is -0.299 e. The number of hydrogen-bond acceptors (Lipinski definition) is 1. The predicted octanol–water partition coefficient (Wildman–Crippen LogP) is 3.84. The third-order valence-corrected chi connectivity index (χ3v) is 4.14. The molecule has 0 bridgehead atoms. The van der Waals surface area contributed by atoms with Crippen LogP contribution in [0.25, 0.3) is 0 Å². The average molecular weight is 328 g/mol. The van der Waals surface area contributed by atoms with Crippen LogP contribution in [0.2, 0.25) is 0 Å². The van der Waals surface area contributed by atoms with Gasteiger partial charge >= 0.3 is 0 Å². The van der Waals surface area contributed by atoms with Gasteiger partial charge < -0.3 is 0 Å². The third kappa shape index (κ3) is 3.06. The van der Waals surface area contributed by atoms with E-state index in [9.17, 15) is 4.79 Å². The van der Waals surface area contributed by atoms with Crippen molar-refractivity contribution < 1.29 is 4.79 Å². The molecule has 16 heavy (non-hydrogen) atoms. The van der Waals surface area contributed by atoms with Gasteiger partial charge in [-0.25, -0.2) is 0 Å². The number of hydrogen-bond donors (Lipinski definition) is 0. The van der Waals surface area contributed by atoms with Crippen LogP contribution in [0.4, 0.5) is 0 Å². The average Bonchev–Trinajstić information content (AvgIpc) is 2.27. The third-order valence-electron chi connectivity index (χ3n) is 3.42. The number of benzene rings is 1. The van der Waals surface area contributed by atoms with Crippen LogP contribution in [-0.4, -0.2) is 5.78 Å². The van der Waals surface area contributed by atoms with Crippen molar-refractivity contribution in [2.45, 2.75) is 32.6 Å². The Kier molecular flexibility index (Phi) is 4.00. The highest BCUT2D eigenvalue weighted by atomic mass is 127. The van der Waals surface area contributed by atoms with Crippen molar-refractivity contribution in [3.8, 4) is 0 Å². The van der Waals surface area contributed by atoms with Gasteiger partial charge in [-0.1, -0.05) is 19.1 Å². The predicted molar refractivity (Wildman–Crippen MR) is 74.4 cm³/mol. The molecule has 1 aromatic rings. The molecule has 0 heterocycles. The van der Waals surface area contributed by atoms with Gasteiger partial charge in [-0.2, -0.15) is 0 Å². The fourth-order valence-corrected chi connectivity index (χ4v) is 2.79. The summed E-state index contributed by atoms with van der Waals surface area (Å²) in [5, 5.41) is 0. The van der Waals surface area contributed by atoms with Gasteiger partial charge in [-0.3, -0.25) is 4.79 Å². The summed E-state index contributed by atoms with van der Waals surface area (Å²) in [7, 11) is 0. The highest BCUT2D eigenvalue weighted by Gasteiger charge is 2.26. The number of carbonyl (C=O) groups excluding carboxylic acids is 1. The molecule has 1 nitrogen and oxygen atoms in total. The molecule has 1 fully saturated rings. The van der Waals surface area contributed by atoms with Gasteiger partial charge in [0.2, 0.25) is 0 Å². The summed E-state index contributed by atoms with van der Waals surface area (Å²) in [6.45, 7) is 2.26. The second kappa shape index (κ2) is 5.30. The fourth-order valence-electron chi connectivity index (χ4n) is 2.43. The summed E-state index contributed by atoms with van der Waals surface area (Å²) in [6.07, 6.45) is 3.88. The van der Waals surface area contributed by atoms with Crippen molar-refractivity contribution in [3.63, 3.8) is 0 Å². The Hall–Kier alpha value is -0.380. The van der Waals surface area contributed by atoms with Crippen molar-refractivity contribution in [1.29, 1.82) is 0 Å². The molecule has 2 heteroatoms. The van der Waals surface area contributed by atoms with Crippen molar-refractivity contribution in [3.05, 3.63) is 33.4 Å². The lowest BCUT2D eigenvalue weighted by atomic mass is 9.78. The van der Waals surface area contributed by atoms with E-state index >= 15 is 0 Å². The molecular formula is C14H17IO. The lowest BCUT2D eigenvalue weighted by molar-refractivity contribution is -0.125. The standard InChI is InChI=1S/C14H17IO/c1-10-2-7-14(16)12(8-10)9-11-3-5-13(15)6-4-11/h3-6,10,12H,2,7-9H2,1H3. The normalized spacial score (nSPS) is 25.8. The molecule has 2 unspecified atom stereocenters. The molecule has 0 N–H and O–H groups in total. The molecule has 1 saturated carbocycles. The molecule has 1 aromatic carbocycles. The van der Waals surface area contributed by atoms with Crippen molar-refractivity contribution in [1.82, 2.24) is 0 Å².